The van der Waals surface area contributed by atoms with Crippen molar-refractivity contribution < 1.29 is 19.1 Å². The molecular weight excluding hydrogens is 297 g/mol. The summed E-state index contributed by atoms with van der Waals surface area (Å²) in [5.41, 5.74) is 0.715. The summed E-state index contributed by atoms with van der Waals surface area (Å²) in [5, 5.41) is 11.4. The molecule has 0 bridgehead atoms. The van der Waals surface area contributed by atoms with E-state index in [1.54, 1.807) is 0 Å². The smallest absolute Gasteiger partial charge is 0.337 e. The molecule has 2 aromatic rings. The zero-order valence-corrected chi connectivity index (χ0v) is 11.7. The molecule has 0 aliphatic heterocycles. The summed E-state index contributed by atoms with van der Waals surface area (Å²) in [6.07, 6.45) is 0. The van der Waals surface area contributed by atoms with Gasteiger partial charge in [0.2, 0.25) is 0 Å². The number of hydrogen-bond acceptors (Lipinski definition) is 2. The first kappa shape index (κ1) is 15.0. The minimum Gasteiger partial charge on any atom is -0.478 e. The lowest BCUT2D eigenvalue weighted by Gasteiger charge is -2.09. The van der Waals surface area contributed by atoms with Crippen molar-refractivity contribution in [1.82, 2.24) is 0 Å². The van der Waals surface area contributed by atoms with Crippen LogP contribution < -0.4 is 5.32 Å². The highest BCUT2D eigenvalue weighted by molar-refractivity contribution is 6.33. The Bertz CT molecular complexity index is 731. The Hall–Kier alpha value is -2.40. The van der Waals surface area contributed by atoms with Crippen molar-refractivity contribution in [2.24, 2.45) is 0 Å². The normalized spacial score (nSPS) is 10.2. The van der Waals surface area contributed by atoms with Gasteiger partial charge in [-0.15, -0.1) is 0 Å². The second kappa shape index (κ2) is 5.93. The highest BCUT2D eigenvalue weighted by Crippen LogP contribution is 2.22. The minimum absolute atomic E-state index is 0.0104. The molecule has 4 nitrogen and oxygen atoms in total. The number of nitrogens with one attached hydrogen (secondary N) is 1. The molecule has 6 heteroatoms. The molecule has 0 heterocycles. The quantitative estimate of drug-likeness (QED) is 0.907. The first-order chi connectivity index (χ1) is 9.90. The number of hydrogen-bond donors (Lipinski definition) is 2. The lowest BCUT2D eigenvalue weighted by Crippen LogP contribution is -2.14. The Labute approximate surface area is 125 Å². The van der Waals surface area contributed by atoms with Gasteiger partial charge in [-0.1, -0.05) is 17.7 Å². The summed E-state index contributed by atoms with van der Waals surface area (Å²) in [4.78, 5) is 22.9. The van der Waals surface area contributed by atoms with E-state index in [0.717, 1.165) is 0 Å². The zero-order chi connectivity index (χ0) is 15.6. The van der Waals surface area contributed by atoms with Gasteiger partial charge in [0.05, 0.1) is 10.6 Å². The molecular formula is C15H11ClFNO3. The number of benzene rings is 2. The van der Waals surface area contributed by atoms with Crippen LogP contribution in [0.2, 0.25) is 5.02 Å². The molecule has 0 atom stereocenters. The Morgan fingerprint density at radius 2 is 1.90 bits per heavy atom. The minimum atomic E-state index is -1.15. The Morgan fingerprint density at radius 3 is 2.52 bits per heavy atom. The molecule has 2 aromatic carbocycles. The van der Waals surface area contributed by atoms with Crippen LogP contribution in [0.4, 0.5) is 10.1 Å². The lowest BCUT2D eigenvalue weighted by atomic mass is 10.1. The molecule has 0 aromatic heterocycles. The molecule has 0 aliphatic carbocycles. The number of carbonyl (C=O) groups excluding carboxylic acids is 1. The fourth-order valence-electron chi connectivity index (χ4n) is 1.82. The summed E-state index contributed by atoms with van der Waals surface area (Å²) < 4.78 is 13.4. The van der Waals surface area contributed by atoms with Crippen LogP contribution in [0.3, 0.4) is 0 Å². The van der Waals surface area contributed by atoms with Crippen LogP contribution in [0.1, 0.15) is 26.3 Å². The average Bonchev–Trinajstić information content (AvgIpc) is 2.41. The third-order valence-electron chi connectivity index (χ3n) is 2.97. The van der Waals surface area contributed by atoms with Gasteiger partial charge < -0.3 is 10.4 Å². The predicted molar refractivity (Wildman–Crippen MR) is 77.5 cm³/mol. The van der Waals surface area contributed by atoms with Crippen molar-refractivity contribution in [3.8, 4) is 0 Å². The second-order valence-electron chi connectivity index (χ2n) is 4.37. The lowest BCUT2D eigenvalue weighted by molar-refractivity contribution is 0.0697. The third-order valence-corrected chi connectivity index (χ3v) is 3.28. The van der Waals surface area contributed by atoms with Gasteiger partial charge in [-0.25, -0.2) is 9.18 Å². The molecule has 108 valence electrons. The summed E-state index contributed by atoms with van der Waals surface area (Å²) in [5.74, 6) is -2.12. The van der Waals surface area contributed by atoms with Crippen LogP contribution in [0.25, 0.3) is 0 Å². The van der Waals surface area contributed by atoms with E-state index in [9.17, 15) is 14.0 Å². The molecule has 0 aliphatic rings. The Kier molecular flexibility index (Phi) is 4.23. The molecule has 1 amide bonds. The van der Waals surface area contributed by atoms with Gasteiger partial charge in [-0.2, -0.15) is 0 Å². The SMILES string of the molecule is Cc1c(F)cccc1C(=O)Nc1ccc(C(=O)O)c(Cl)c1. The first-order valence-corrected chi connectivity index (χ1v) is 6.37. The van der Waals surface area contributed by atoms with E-state index < -0.39 is 17.7 Å². The number of halogens is 2. The van der Waals surface area contributed by atoms with Gasteiger partial charge in [0, 0.05) is 11.3 Å². The highest BCUT2D eigenvalue weighted by atomic mass is 35.5. The second-order valence-corrected chi connectivity index (χ2v) is 4.77. The van der Waals surface area contributed by atoms with Crippen LogP contribution >= 0.6 is 11.6 Å². The number of carboxylic acids is 1. The predicted octanol–water partition coefficient (Wildman–Crippen LogP) is 3.74. The van der Waals surface area contributed by atoms with E-state index in [0.29, 0.717) is 5.69 Å². The van der Waals surface area contributed by atoms with Gasteiger partial charge in [0.15, 0.2) is 0 Å². The van der Waals surface area contributed by atoms with Crippen molar-refractivity contribution >= 4 is 29.2 Å². The largest absolute Gasteiger partial charge is 0.478 e. The van der Waals surface area contributed by atoms with Crippen LogP contribution in [0.15, 0.2) is 36.4 Å². The molecule has 0 unspecified atom stereocenters. The van der Waals surface area contributed by atoms with Gasteiger partial charge in [0.25, 0.3) is 5.91 Å². The van der Waals surface area contributed by atoms with Crippen molar-refractivity contribution in [1.29, 1.82) is 0 Å². The van der Waals surface area contributed by atoms with Crippen LogP contribution in [0, 0.1) is 12.7 Å². The van der Waals surface area contributed by atoms with Crippen LogP contribution in [0.5, 0.6) is 0 Å². The van der Waals surface area contributed by atoms with E-state index in [1.807, 2.05) is 0 Å². The van der Waals surface area contributed by atoms with E-state index in [4.69, 9.17) is 16.7 Å². The van der Waals surface area contributed by atoms with Crippen molar-refractivity contribution in [2.75, 3.05) is 5.32 Å². The number of amides is 1. The third kappa shape index (κ3) is 3.20. The number of aromatic carboxylic acids is 1. The molecule has 0 radical (unpaired) electrons. The standard InChI is InChI=1S/C15H11ClFNO3/c1-8-10(3-2-4-13(8)17)14(19)18-9-5-6-11(15(20)21)12(16)7-9/h2-7H,1H3,(H,18,19)(H,20,21). The summed E-state index contributed by atoms with van der Waals surface area (Å²) >= 11 is 5.82. The molecule has 0 fully saturated rings. The molecule has 2 N–H and O–H groups in total. The maximum atomic E-state index is 13.4. The topological polar surface area (TPSA) is 66.4 Å². The monoisotopic (exact) mass is 307 g/mol. The van der Waals surface area contributed by atoms with Gasteiger partial charge in [-0.3, -0.25) is 4.79 Å². The number of carbonyl (C=O) groups is 2. The molecule has 0 saturated heterocycles. The van der Waals surface area contributed by atoms with Crippen LogP contribution in [-0.2, 0) is 0 Å². The number of anilines is 1. The molecule has 0 spiro atoms. The van der Waals surface area contributed by atoms with Gasteiger partial charge >= 0.3 is 5.97 Å². The fraction of sp³-hybridized carbons (Fsp3) is 0.0667. The number of rotatable bonds is 3. The molecule has 0 saturated carbocycles. The average molecular weight is 308 g/mol. The Balaban J connectivity index is 2.26. The van der Waals surface area contributed by atoms with E-state index in [1.165, 1.54) is 43.3 Å². The molecule has 2 rings (SSSR count). The Morgan fingerprint density at radius 1 is 1.19 bits per heavy atom. The van der Waals surface area contributed by atoms with Gasteiger partial charge in [0.1, 0.15) is 5.82 Å². The van der Waals surface area contributed by atoms with Crippen molar-refractivity contribution in [2.45, 2.75) is 6.92 Å². The van der Waals surface area contributed by atoms with E-state index >= 15 is 0 Å². The van der Waals surface area contributed by atoms with E-state index in [2.05, 4.69) is 5.32 Å². The highest BCUT2D eigenvalue weighted by Gasteiger charge is 2.14. The summed E-state index contributed by atoms with van der Waals surface area (Å²) in [6, 6.07) is 8.25. The first-order valence-electron chi connectivity index (χ1n) is 5.99. The van der Waals surface area contributed by atoms with Crippen LogP contribution in [-0.4, -0.2) is 17.0 Å². The summed E-state index contributed by atoms with van der Waals surface area (Å²) in [7, 11) is 0. The summed E-state index contributed by atoms with van der Waals surface area (Å²) in [6.45, 7) is 1.50. The van der Waals surface area contributed by atoms with Gasteiger partial charge in [-0.05, 0) is 42.8 Å². The van der Waals surface area contributed by atoms with Crippen molar-refractivity contribution in [3.63, 3.8) is 0 Å². The van der Waals surface area contributed by atoms with E-state index in [-0.39, 0.29) is 21.7 Å². The zero-order valence-electron chi connectivity index (χ0n) is 11.0. The number of carboxylic acid groups (broad SMARTS) is 1. The molecule has 21 heavy (non-hydrogen) atoms. The van der Waals surface area contributed by atoms with Crippen molar-refractivity contribution in [3.05, 3.63) is 63.9 Å². The maximum absolute atomic E-state index is 13.4. The maximum Gasteiger partial charge on any atom is 0.337 e. The fourth-order valence-corrected chi connectivity index (χ4v) is 2.08.